The van der Waals surface area contributed by atoms with Gasteiger partial charge in [-0.05, 0) is 17.2 Å². The van der Waals surface area contributed by atoms with Crippen LogP contribution in [0.4, 0.5) is 0 Å². The van der Waals surface area contributed by atoms with E-state index in [9.17, 15) is 4.79 Å². The van der Waals surface area contributed by atoms with Crippen LogP contribution in [-0.2, 0) is 9.53 Å². The van der Waals surface area contributed by atoms with E-state index in [1.54, 1.807) is 12.4 Å². The first-order valence-electron chi connectivity index (χ1n) is 7.14. The molecule has 1 unspecified atom stereocenters. The summed E-state index contributed by atoms with van der Waals surface area (Å²) in [4.78, 5) is 18.0. The summed E-state index contributed by atoms with van der Waals surface area (Å²) in [6, 6.07) is 13.8. The number of morpholine rings is 1. The zero-order chi connectivity index (χ0) is 14.5. The third-order valence-corrected chi connectivity index (χ3v) is 3.87. The zero-order valence-corrected chi connectivity index (χ0v) is 11.8. The number of nitrogens with zero attached hydrogens (tertiary/aromatic N) is 2. The number of rotatable bonds is 4. The summed E-state index contributed by atoms with van der Waals surface area (Å²) in [5, 5.41) is 0. The van der Waals surface area contributed by atoms with Crippen LogP contribution >= 0.6 is 0 Å². The van der Waals surface area contributed by atoms with E-state index >= 15 is 0 Å². The molecule has 1 aromatic carbocycles. The number of carbonyl (C=O) groups excluding carboxylic acids is 1. The molecule has 0 spiro atoms. The molecule has 0 aliphatic carbocycles. The third kappa shape index (κ3) is 3.01. The summed E-state index contributed by atoms with van der Waals surface area (Å²) >= 11 is 0. The average Bonchev–Trinajstić information content (AvgIpc) is 2.58. The van der Waals surface area contributed by atoms with Crippen LogP contribution in [0.25, 0.3) is 0 Å². The highest BCUT2D eigenvalue weighted by Gasteiger charge is 2.31. The Kier molecular flexibility index (Phi) is 4.38. The van der Waals surface area contributed by atoms with Crippen molar-refractivity contribution in [3.05, 3.63) is 66.0 Å². The fourth-order valence-electron chi connectivity index (χ4n) is 2.81. The van der Waals surface area contributed by atoms with E-state index in [0.29, 0.717) is 13.2 Å². The van der Waals surface area contributed by atoms with Gasteiger partial charge in [-0.2, -0.15) is 0 Å². The monoisotopic (exact) mass is 282 g/mol. The normalized spacial score (nSPS) is 20.9. The molecule has 3 rings (SSSR count). The van der Waals surface area contributed by atoms with E-state index in [1.165, 1.54) is 5.56 Å². The average molecular weight is 282 g/mol. The summed E-state index contributed by atoms with van der Waals surface area (Å²) in [6.07, 6.45) is 4.48. The van der Waals surface area contributed by atoms with Gasteiger partial charge in [-0.15, -0.1) is 0 Å². The van der Waals surface area contributed by atoms with Crippen molar-refractivity contribution >= 4 is 6.29 Å². The van der Waals surface area contributed by atoms with Gasteiger partial charge in [0.2, 0.25) is 0 Å². The van der Waals surface area contributed by atoms with Crippen LogP contribution in [0.5, 0.6) is 0 Å². The Morgan fingerprint density at radius 2 is 2.10 bits per heavy atom. The zero-order valence-electron chi connectivity index (χ0n) is 11.8. The molecule has 2 atom stereocenters. The van der Waals surface area contributed by atoms with Gasteiger partial charge in [0, 0.05) is 18.9 Å². The molecule has 0 bridgehead atoms. The Balaban J connectivity index is 1.91. The molecule has 21 heavy (non-hydrogen) atoms. The minimum Gasteiger partial charge on any atom is -0.378 e. The fraction of sp³-hybridized carbons (Fsp3) is 0.294. The van der Waals surface area contributed by atoms with Crippen molar-refractivity contribution < 1.29 is 9.53 Å². The lowest BCUT2D eigenvalue weighted by atomic mass is 10.0. The first kappa shape index (κ1) is 13.9. The molecule has 1 aromatic heterocycles. The Bertz CT molecular complexity index is 574. The summed E-state index contributed by atoms with van der Waals surface area (Å²) < 4.78 is 5.62. The van der Waals surface area contributed by atoms with E-state index in [2.05, 4.69) is 22.0 Å². The number of carbonyl (C=O) groups is 1. The number of hydrogen-bond acceptors (Lipinski definition) is 4. The van der Waals surface area contributed by atoms with Gasteiger partial charge in [0.25, 0.3) is 0 Å². The predicted octanol–water partition coefficient (Wildman–Crippen LogP) is 2.40. The Hall–Kier alpha value is -2.04. The number of ether oxygens (including phenoxy) is 1. The van der Waals surface area contributed by atoms with Crippen LogP contribution in [0.3, 0.4) is 0 Å². The van der Waals surface area contributed by atoms with Gasteiger partial charge in [0.15, 0.2) is 0 Å². The SMILES string of the molecule is O=CC(c1cccnc1)N1CCOC[C@H]1c1ccccc1. The first-order valence-corrected chi connectivity index (χ1v) is 7.14. The fourth-order valence-corrected chi connectivity index (χ4v) is 2.81. The number of hydrogen-bond donors (Lipinski definition) is 0. The van der Waals surface area contributed by atoms with Crippen molar-refractivity contribution in [2.45, 2.75) is 12.1 Å². The number of aromatic nitrogens is 1. The molecule has 4 heteroatoms. The highest BCUT2D eigenvalue weighted by molar-refractivity contribution is 5.61. The molecule has 1 aliphatic rings. The summed E-state index contributed by atoms with van der Waals surface area (Å²) in [5.74, 6) is 0. The predicted molar refractivity (Wildman–Crippen MR) is 79.8 cm³/mol. The summed E-state index contributed by atoms with van der Waals surface area (Å²) in [6.45, 7) is 1.99. The lowest BCUT2D eigenvalue weighted by Crippen LogP contribution is -2.42. The van der Waals surface area contributed by atoms with E-state index in [4.69, 9.17) is 4.74 Å². The molecular weight excluding hydrogens is 264 g/mol. The molecule has 1 aliphatic heterocycles. The second kappa shape index (κ2) is 6.61. The molecule has 108 valence electrons. The highest BCUT2D eigenvalue weighted by Crippen LogP contribution is 2.31. The number of aldehydes is 1. The first-order chi connectivity index (χ1) is 10.4. The molecule has 0 saturated carbocycles. The molecule has 1 saturated heterocycles. The van der Waals surface area contributed by atoms with Gasteiger partial charge in [-0.25, -0.2) is 0 Å². The van der Waals surface area contributed by atoms with E-state index in [0.717, 1.165) is 18.4 Å². The van der Waals surface area contributed by atoms with Gasteiger partial charge < -0.3 is 9.53 Å². The van der Waals surface area contributed by atoms with Gasteiger partial charge in [0.05, 0.1) is 25.3 Å². The van der Waals surface area contributed by atoms with Crippen LogP contribution in [0, 0.1) is 0 Å². The van der Waals surface area contributed by atoms with E-state index < -0.39 is 0 Å². The van der Waals surface area contributed by atoms with Crippen LogP contribution in [0.2, 0.25) is 0 Å². The molecule has 1 fully saturated rings. The second-order valence-corrected chi connectivity index (χ2v) is 5.11. The smallest absolute Gasteiger partial charge is 0.141 e. The van der Waals surface area contributed by atoms with Gasteiger partial charge in [0.1, 0.15) is 6.29 Å². The van der Waals surface area contributed by atoms with Crippen molar-refractivity contribution in [1.82, 2.24) is 9.88 Å². The van der Waals surface area contributed by atoms with Crippen molar-refractivity contribution in [2.75, 3.05) is 19.8 Å². The topological polar surface area (TPSA) is 42.4 Å². The van der Waals surface area contributed by atoms with Crippen LogP contribution in [-0.4, -0.2) is 35.9 Å². The van der Waals surface area contributed by atoms with E-state index in [-0.39, 0.29) is 12.1 Å². The van der Waals surface area contributed by atoms with Crippen molar-refractivity contribution in [2.24, 2.45) is 0 Å². The Morgan fingerprint density at radius 1 is 1.24 bits per heavy atom. The van der Waals surface area contributed by atoms with Gasteiger partial charge >= 0.3 is 0 Å². The molecule has 0 radical (unpaired) electrons. The van der Waals surface area contributed by atoms with Crippen molar-refractivity contribution in [3.8, 4) is 0 Å². The summed E-state index contributed by atoms with van der Waals surface area (Å²) in [7, 11) is 0. The summed E-state index contributed by atoms with van der Waals surface area (Å²) in [5.41, 5.74) is 2.10. The molecule has 2 heterocycles. The maximum atomic E-state index is 11.7. The van der Waals surface area contributed by atoms with Crippen LogP contribution in [0.15, 0.2) is 54.9 Å². The van der Waals surface area contributed by atoms with Crippen molar-refractivity contribution in [3.63, 3.8) is 0 Å². The van der Waals surface area contributed by atoms with Gasteiger partial charge in [-0.3, -0.25) is 9.88 Å². The molecule has 0 amide bonds. The lowest BCUT2D eigenvalue weighted by Gasteiger charge is -2.39. The molecular formula is C17H18N2O2. The van der Waals surface area contributed by atoms with E-state index in [1.807, 2.05) is 30.3 Å². The molecule has 0 N–H and O–H groups in total. The highest BCUT2D eigenvalue weighted by atomic mass is 16.5. The standard InChI is InChI=1S/C17H18N2O2/c20-12-16(15-7-4-8-18-11-15)19-9-10-21-13-17(19)14-5-2-1-3-6-14/h1-8,11-12,16-17H,9-10,13H2/t16?,17-/m0/s1. The third-order valence-electron chi connectivity index (χ3n) is 3.87. The Labute approximate surface area is 124 Å². The maximum absolute atomic E-state index is 11.7. The minimum absolute atomic E-state index is 0.0929. The maximum Gasteiger partial charge on any atom is 0.141 e. The second-order valence-electron chi connectivity index (χ2n) is 5.11. The van der Waals surface area contributed by atoms with Crippen LogP contribution in [0.1, 0.15) is 23.2 Å². The number of benzene rings is 1. The minimum atomic E-state index is -0.284. The Morgan fingerprint density at radius 3 is 2.81 bits per heavy atom. The molecule has 4 nitrogen and oxygen atoms in total. The largest absolute Gasteiger partial charge is 0.378 e. The van der Waals surface area contributed by atoms with Crippen LogP contribution < -0.4 is 0 Å². The lowest BCUT2D eigenvalue weighted by molar-refractivity contribution is -0.117. The number of pyridine rings is 1. The quantitative estimate of drug-likeness (QED) is 0.808. The van der Waals surface area contributed by atoms with Crippen molar-refractivity contribution in [1.29, 1.82) is 0 Å². The van der Waals surface area contributed by atoms with Gasteiger partial charge in [-0.1, -0.05) is 36.4 Å². The molecule has 2 aromatic rings.